The maximum atomic E-state index is 3.81. The molecule has 0 saturated heterocycles. The summed E-state index contributed by atoms with van der Waals surface area (Å²) in [6.07, 6.45) is 21.5. The maximum absolute atomic E-state index is 3.81. The van der Waals surface area contributed by atoms with Gasteiger partial charge in [-0.3, -0.25) is 0 Å². The van der Waals surface area contributed by atoms with Crippen LogP contribution >= 0.6 is 0 Å². The van der Waals surface area contributed by atoms with Crippen LogP contribution in [0.2, 0.25) is 0 Å². The second kappa shape index (κ2) is 13.2. The van der Waals surface area contributed by atoms with Crippen LogP contribution in [0, 0.1) is 6.92 Å². The summed E-state index contributed by atoms with van der Waals surface area (Å²) in [4.78, 5) is 0. The number of hydrogen-bond donors (Lipinski definition) is 0. The number of hydrogen-bond acceptors (Lipinski definition) is 0. The zero-order valence-corrected chi connectivity index (χ0v) is 10.1. The monoisotopic (exact) mass is 205 g/mol. The van der Waals surface area contributed by atoms with Crippen LogP contribution in [-0.2, 0) is 0 Å². The smallest absolute Gasteiger partial charge is 0.0348 e. The molecule has 0 aliphatic heterocycles. The van der Waals surface area contributed by atoms with Gasteiger partial charge in [-0.05, 0) is 25.7 Å². The molecule has 1 radical (unpaired) electrons. The third-order valence-corrected chi connectivity index (χ3v) is 2.20. The first kappa shape index (κ1) is 14.2. The largest absolute Gasteiger partial charge is 0.0845 e. The predicted octanol–water partition coefficient (Wildman–Crippen LogP) is 5.24. The molecule has 0 unspecified atom stereocenters. The molecule has 0 heterocycles. The summed E-state index contributed by atoms with van der Waals surface area (Å²) in [7, 11) is 0. The Balaban J connectivity index is 3.32. The van der Waals surface area contributed by atoms with Crippen LogP contribution in [-0.4, -0.2) is 0 Å². The van der Waals surface area contributed by atoms with E-state index in [1.54, 1.807) is 0 Å². The Morgan fingerprint density at radius 1 is 0.800 bits per heavy atom. The number of allylic oxidation sites excluding steroid dienone is 6. The first-order valence-corrected chi connectivity index (χ1v) is 6.19. The standard InChI is InChI=1S/C15H25/c1-3-5-7-9-11-13-15-14-12-10-8-6-4-2/h9,11-15H,1,3-8,10H2,2H3. The summed E-state index contributed by atoms with van der Waals surface area (Å²) in [5.41, 5.74) is 0. The third kappa shape index (κ3) is 13.2. The third-order valence-electron chi connectivity index (χ3n) is 2.20. The first-order chi connectivity index (χ1) is 7.41. The van der Waals surface area contributed by atoms with Crippen molar-refractivity contribution >= 4 is 0 Å². The lowest BCUT2D eigenvalue weighted by atomic mass is 10.2. The number of unbranched alkanes of at least 4 members (excludes halogenated alkanes) is 5. The second-order valence-corrected chi connectivity index (χ2v) is 3.73. The molecule has 0 aliphatic carbocycles. The molecule has 85 valence electrons. The van der Waals surface area contributed by atoms with Crippen molar-refractivity contribution in [1.82, 2.24) is 0 Å². The topological polar surface area (TPSA) is 0 Å². The Morgan fingerprint density at radius 3 is 1.93 bits per heavy atom. The lowest BCUT2D eigenvalue weighted by Crippen LogP contribution is -1.69. The molecule has 0 spiro atoms. The van der Waals surface area contributed by atoms with Gasteiger partial charge in [-0.1, -0.05) is 69.6 Å². The van der Waals surface area contributed by atoms with Crippen molar-refractivity contribution in [2.75, 3.05) is 0 Å². The normalized spacial score (nSPS) is 12.4. The van der Waals surface area contributed by atoms with Crippen molar-refractivity contribution in [3.63, 3.8) is 0 Å². The van der Waals surface area contributed by atoms with Crippen molar-refractivity contribution in [3.8, 4) is 0 Å². The van der Waals surface area contributed by atoms with Crippen LogP contribution in [0.1, 0.15) is 51.9 Å². The van der Waals surface area contributed by atoms with Gasteiger partial charge in [0.25, 0.3) is 0 Å². The molecular formula is C15H25. The summed E-state index contributed by atoms with van der Waals surface area (Å²) in [6.45, 7) is 6.04. The summed E-state index contributed by atoms with van der Waals surface area (Å²) < 4.78 is 0. The van der Waals surface area contributed by atoms with E-state index in [4.69, 9.17) is 0 Å². The fourth-order valence-corrected chi connectivity index (χ4v) is 1.25. The fraction of sp³-hybridized carbons (Fsp3) is 0.533. The molecule has 15 heavy (non-hydrogen) atoms. The quantitative estimate of drug-likeness (QED) is 0.357. The minimum atomic E-state index is 1.03. The van der Waals surface area contributed by atoms with Crippen molar-refractivity contribution in [1.29, 1.82) is 0 Å². The van der Waals surface area contributed by atoms with Crippen LogP contribution in [0.25, 0.3) is 0 Å². The van der Waals surface area contributed by atoms with Crippen molar-refractivity contribution in [2.24, 2.45) is 0 Å². The molecule has 0 rings (SSSR count). The molecule has 0 bridgehead atoms. The van der Waals surface area contributed by atoms with Gasteiger partial charge in [0.1, 0.15) is 0 Å². The average molecular weight is 205 g/mol. The van der Waals surface area contributed by atoms with Gasteiger partial charge < -0.3 is 0 Å². The average Bonchev–Trinajstić information content (AvgIpc) is 2.26. The van der Waals surface area contributed by atoms with E-state index >= 15 is 0 Å². The summed E-state index contributed by atoms with van der Waals surface area (Å²) in [5.74, 6) is 0. The molecule has 0 aliphatic rings. The predicted molar refractivity (Wildman–Crippen MR) is 70.8 cm³/mol. The van der Waals surface area contributed by atoms with Gasteiger partial charge in [0.05, 0.1) is 0 Å². The van der Waals surface area contributed by atoms with E-state index in [1.165, 1.54) is 32.1 Å². The van der Waals surface area contributed by atoms with Crippen molar-refractivity contribution < 1.29 is 0 Å². The minimum Gasteiger partial charge on any atom is -0.0845 e. The van der Waals surface area contributed by atoms with Crippen molar-refractivity contribution in [2.45, 2.75) is 51.9 Å². The van der Waals surface area contributed by atoms with Gasteiger partial charge in [-0.25, -0.2) is 0 Å². The minimum absolute atomic E-state index is 1.03. The van der Waals surface area contributed by atoms with Gasteiger partial charge in [0.2, 0.25) is 0 Å². The van der Waals surface area contributed by atoms with E-state index in [1.807, 2.05) is 0 Å². The highest BCUT2D eigenvalue weighted by Gasteiger charge is 1.79. The van der Waals surface area contributed by atoms with Gasteiger partial charge in [-0.15, -0.1) is 0 Å². The summed E-state index contributed by atoms with van der Waals surface area (Å²) >= 11 is 0. The zero-order chi connectivity index (χ0) is 11.2. The SMILES string of the molecule is [CH2]CCCC=CC=CC=CCCCCC. The van der Waals surface area contributed by atoms with Crippen LogP contribution in [0.15, 0.2) is 36.5 Å². The maximum Gasteiger partial charge on any atom is -0.0348 e. The van der Waals surface area contributed by atoms with Gasteiger partial charge in [0, 0.05) is 0 Å². The summed E-state index contributed by atoms with van der Waals surface area (Å²) in [6, 6.07) is 0. The van der Waals surface area contributed by atoms with Crippen LogP contribution in [0.5, 0.6) is 0 Å². The van der Waals surface area contributed by atoms with Crippen LogP contribution in [0.4, 0.5) is 0 Å². The van der Waals surface area contributed by atoms with Gasteiger partial charge >= 0.3 is 0 Å². The molecule has 0 aromatic carbocycles. The van der Waals surface area contributed by atoms with E-state index in [0.29, 0.717) is 0 Å². The molecule has 0 N–H and O–H groups in total. The molecule has 0 fully saturated rings. The molecule has 0 nitrogen and oxygen atoms in total. The van der Waals surface area contributed by atoms with E-state index in [9.17, 15) is 0 Å². The highest BCUT2D eigenvalue weighted by Crippen LogP contribution is 1.99. The molecule has 0 saturated carbocycles. The Labute approximate surface area is 95.8 Å². The summed E-state index contributed by atoms with van der Waals surface area (Å²) in [5, 5.41) is 0. The Kier molecular flexibility index (Phi) is 12.5. The molecule has 0 aromatic heterocycles. The lowest BCUT2D eigenvalue weighted by molar-refractivity contribution is 0.729. The second-order valence-electron chi connectivity index (χ2n) is 3.73. The van der Waals surface area contributed by atoms with E-state index in [0.717, 1.165) is 12.8 Å². The number of rotatable bonds is 9. The van der Waals surface area contributed by atoms with E-state index in [2.05, 4.69) is 50.3 Å². The zero-order valence-electron chi connectivity index (χ0n) is 10.1. The first-order valence-electron chi connectivity index (χ1n) is 6.19. The fourth-order valence-electron chi connectivity index (χ4n) is 1.25. The van der Waals surface area contributed by atoms with Gasteiger partial charge in [0.15, 0.2) is 0 Å². The molecule has 0 amide bonds. The van der Waals surface area contributed by atoms with Crippen LogP contribution in [0.3, 0.4) is 0 Å². The Hall–Kier alpha value is -0.780. The molecule has 0 aromatic rings. The Bertz CT molecular complexity index is 184. The van der Waals surface area contributed by atoms with Crippen LogP contribution < -0.4 is 0 Å². The van der Waals surface area contributed by atoms with Gasteiger partial charge in [-0.2, -0.15) is 0 Å². The highest BCUT2D eigenvalue weighted by atomic mass is 13.9. The Morgan fingerprint density at radius 2 is 1.40 bits per heavy atom. The van der Waals surface area contributed by atoms with E-state index in [-0.39, 0.29) is 0 Å². The molecular weight excluding hydrogens is 180 g/mol. The highest BCUT2D eigenvalue weighted by molar-refractivity contribution is 5.10. The molecule has 0 atom stereocenters. The molecule has 0 heteroatoms. The van der Waals surface area contributed by atoms with Crippen molar-refractivity contribution in [3.05, 3.63) is 43.4 Å². The van der Waals surface area contributed by atoms with E-state index < -0.39 is 0 Å². The lowest BCUT2D eigenvalue weighted by Gasteiger charge is -1.89.